The van der Waals surface area contributed by atoms with Crippen molar-refractivity contribution in [1.29, 1.82) is 0 Å². The summed E-state index contributed by atoms with van der Waals surface area (Å²) >= 11 is 0. The van der Waals surface area contributed by atoms with Crippen molar-refractivity contribution in [1.82, 2.24) is 5.32 Å². The van der Waals surface area contributed by atoms with E-state index < -0.39 is 29.8 Å². The summed E-state index contributed by atoms with van der Waals surface area (Å²) in [4.78, 5) is 23.3. The van der Waals surface area contributed by atoms with Gasteiger partial charge in [-0.05, 0) is 69.7 Å². The second-order valence-electron chi connectivity index (χ2n) is 9.45. The van der Waals surface area contributed by atoms with E-state index in [2.05, 4.69) is 0 Å². The minimum Gasteiger partial charge on any atom is -0.496 e. The minimum absolute atomic E-state index is 0.000385. The molecule has 0 saturated heterocycles. The van der Waals surface area contributed by atoms with Crippen LogP contribution in [0, 0.1) is 20.8 Å². The molecule has 2 aromatic rings. The van der Waals surface area contributed by atoms with E-state index in [4.69, 9.17) is 14.2 Å². The van der Waals surface area contributed by atoms with Gasteiger partial charge in [0.2, 0.25) is 0 Å². The maximum Gasteiger partial charge on any atom is 0.471 e. The van der Waals surface area contributed by atoms with Gasteiger partial charge in [-0.25, -0.2) is 0 Å². The molecule has 0 unspecified atom stereocenters. The van der Waals surface area contributed by atoms with Crippen molar-refractivity contribution >= 4 is 12.2 Å². The summed E-state index contributed by atoms with van der Waals surface area (Å²) < 4.78 is 56.6. The van der Waals surface area contributed by atoms with Crippen LogP contribution in [0.1, 0.15) is 60.6 Å². The first-order chi connectivity index (χ1) is 17.3. The lowest BCUT2D eigenvalue weighted by atomic mass is 9.88. The Hall–Kier alpha value is -3.07. The summed E-state index contributed by atoms with van der Waals surface area (Å²) in [6.07, 6.45) is -4.42. The van der Waals surface area contributed by atoms with E-state index in [1.807, 2.05) is 26.1 Å². The molecule has 0 aliphatic heterocycles. The lowest BCUT2D eigenvalue weighted by Gasteiger charge is -2.36. The number of rotatable bonds is 12. The Labute approximate surface area is 216 Å². The van der Waals surface area contributed by atoms with Crippen LogP contribution in [0.2, 0.25) is 0 Å². The van der Waals surface area contributed by atoms with Crippen LogP contribution in [0.15, 0.2) is 30.3 Å². The fraction of sp³-hybridized carbons (Fsp3) is 0.500. The van der Waals surface area contributed by atoms with E-state index in [0.29, 0.717) is 18.4 Å². The van der Waals surface area contributed by atoms with Crippen LogP contribution in [0.5, 0.6) is 11.5 Å². The maximum absolute atomic E-state index is 13.0. The molecule has 0 spiro atoms. The summed E-state index contributed by atoms with van der Waals surface area (Å²) in [5.41, 5.74) is 3.23. The van der Waals surface area contributed by atoms with Gasteiger partial charge in [0.1, 0.15) is 23.9 Å². The second-order valence-corrected chi connectivity index (χ2v) is 9.45. The van der Waals surface area contributed by atoms with Crippen molar-refractivity contribution in [3.63, 3.8) is 0 Å². The number of nitrogens with one attached hydrogen (secondary N) is 1. The molecule has 0 heterocycles. The third-order valence-electron chi connectivity index (χ3n) is 6.75. The number of halogens is 3. The number of hydrogen-bond acceptors (Lipinski definition) is 5. The number of amides is 1. The van der Waals surface area contributed by atoms with Gasteiger partial charge in [0.25, 0.3) is 0 Å². The molecule has 2 rings (SSSR count). The number of carbonyl (C=O) groups excluding carboxylic acids is 2. The van der Waals surface area contributed by atoms with Crippen LogP contribution >= 0.6 is 0 Å². The number of hydrogen-bond donors (Lipinski definition) is 1. The molecule has 0 aliphatic rings. The van der Waals surface area contributed by atoms with Gasteiger partial charge < -0.3 is 24.3 Å². The first-order valence-electron chi connectivity index (χ1n) is 12.0. The van der Waals surface area contributed by atoms with Crippen molar-refractivity contribution in [2.45, 2.75) is 77.8 Å². The summed E-state index contributed by atoms with van der Waals surface area (Å²) in [5, 5.41) is 2.00. The van der Waals surface area contributed by atoms with Crippen molar-refractivity contribution in [3.05, 3.63) is 58.1 Å². The molecule has 0 radical (unpaired) electrons. The quantitative estimate of drug-likeness (QED) is 0.360. The fourth-order valence-corrected chi connectivity index (χ4v) is 4.59. The van der Waals surface area contributed by atoms with Crippen molar-refractivity contribution < 1.29 is 37.0 Å². The molecule has 0 bridgehead atoms. The largest absolute Gasteiger partial charge is 0.496 e. The number of carbonyl (C=O) groups is 2. The van der Waals surface area contributed by atoms with Crippen LogP contribution < -0.4 is 14.8 Å². The van der Waals surface area contributed by atoms with Crippen LogP contribution in [0.3, 0.4) is 0 Å². The Morgan fingerprint density at radius 1 is 1.00 bits per heavy atom. The average molecular weight is 524 g/mol. The van der Waals surface area contributed by atoms with E-state index in [1.54, 1.807) is 51.5 Å². The molecule has 6 nitrogen and oxygen atoms in total. The van der Waals surface area contributed by atoms with Crippen LogP contribution in [-0.2, 0) is 20.7 Å². The lowest BCUT2D eigenvalue weighted by molar-refractivity contribution is -0.176. The molecule has 1 amide bonds. The third-order valence-corrected chi connectivity index (χ3v) is 6.75. The molecule has 0 aliphatic carbocycles. The molecule has 204 valence electrons. The van der Waals surface area contributed by atoms with E-state index in [0.717, 1.165) is 40.0 Å². The lowest BCUT2D eigenvalue weighted by Crippen LogP contribution is -2.46. The third kappa shape index (κ3) is 7.25. The van der Waals surface area contributed by atoms with Gasteiger partial charge in [-0.15, -0.1) is 0 Å². The maximum atomic E-state index is 13.0. The monoisotopic (exact) mass is 523 g/mol. The predicted molar refractivity (Wildman–Crippen MR) is 135 cm³/mol. The highest BCUT2D eigenvalue weighted by Crippen LogP contribution is 2.40. The topological polar surface area (TPSA) is 73.9 Å². The van der Waals surface area contributed by atoms with Gasteiger partial charge in [0.15, 0.2) is 0 Å². The molecule has 9 heteroatoms. The molecule has 2 aromatic carbocycles. The average Bonchev–Trinajstić information content (AvgIpc) is 2.84. The minimum atomic E-state index is -5.03. The molecular formula is C28H36F3NO5. The highest BCUT2D eigenvalue weighted by molar-refractivity contribution is 5.82. The van der Waals surface area contributed by atoms with E-state index in [-0.39, 0.29) is 6.42 Å². The van der Waals surface area contributed by atoms with Gasteiger partial charge in [-0.2, -0.15) is 13.2 Å². The molecule has 0 saturated carbocycles. The standard InChI is InChI=1S/C28H36F3NO5/c1-17-18(2)24(36-7)22(19(3)23(17)35-6)13-14-27(5,15-16-33)37-25(21-11-9-8-10-12-21)20(4)32-26(34)28(29,30)31/h8-12,16,20,25H,13-15H2,1-7H3,(H,32,34)/t20-,25+,27+/m1/s1. The number of methoxy groups -OCH3 is 2. The van der Waals surface area contributed by atoms with Crippen LogP contribution in [-0.4, -0.2) is 44.2 Å². The second kappa shape index (κ2) is 12.4. The molecule has 3 atom stereocenters. The number of benzene rings is 2. The Morgan fingerprint density at radius 3 is 2.08 bits per heavy atom. The Morgan fingerprint density at radius 2 is 1.57 bits per heavy atom. The molecule has 0 fully saturated rings. The van der Waals surface area contributed by atoms with E-state index in [1.165, 1.54) is 6.92 Å². The predicted octanol–water partition coefficient (Wildman–Crippen LogP) is 5.73. The zero-order chi connectivity index (χ0) is 28.0. The zero-order valence-corrected chi connectivity index (χ0v) is 22.4. The summed E-state index contributed by atoms with van der Waals surface area (Å²) in [5.74, 6) is -0.587. The van der Waals surface area contributed by atoms with Crippen molar-refractivity contribution in [3.8, 4) is 11.5 Å². The van der Waals surface area contributed by atoms with E-state index >= 15 is 0 Å². The van der Waals surface area contributed by atoms with Gasteiger partial charge in [-0.3, -0.25) is 4.79 Å². The van der Waals surface area contributed by atoms with Crippen molar-refractivity contribution in [2.75, 3.05) is 14.2 Å². The van der Waals surface area contributed by atoms with E-state index in [9.17, 15) is 22.8 Å². The van der Waals surface area contributed by atoms with Gasteiger partial charge in [0, 0.05) is 12.0 Å². The summed E-state index contributed by atoms with van der Waals surface area (Å²) in [6.45, 7) is 9.02. The molecular weight excluding hydrogens is 487 g/mol. The number of aldehydes is 1. The first-order valence-corrected chi connectivity index (χ1v) is 12.0. The summed E-state index contributed by atoms with van der Waals surface area (Å²) in [7, 11) is 3.19. The highest BCUT2D eigenvalue weighted by atomic mass is 19.4. The molecule has 37 heavy (non-hydrogen) atoms. The Kier molecular flexibility index (Phi) is 10.1. The van der Waals surface area contributed by atoms with Crippen LogP contribution in [0.25, 0.3) is 0 Å². The van der Waals surface area contributed by atoms with Crippen LogP contribution in [0.4, 0.5) is 13.2 Å². The van der Waals surface area contributed by atoms with Gasteiger partial charge in [-0.1, -0.05) is 30.3 Å². The van der Waals surface area contributed by atoms with Gasteiger partial charge in [0.05, 0.1) is 25.9 Å². The van der Waals surface area contributed by atoms with Crippen molar-refractivity contribution in [2.24, 2.45) is 0 Å². The number of ether oxygens (including phenoxy) is 3. The SMILES string of the molecule is COc1c(C)c(C)c(OC)c(CC[C@@](C)(CC=O)O[C@H](c2ccccc2)[C@@H](C)NC(=O)C(F)(F)F)c1C. The Bertz CT molecular complexity index is 1090. The molecule has 1 N–H and O–H groups in total. The smallest absolute Gasteiger partial charge is 0.471 e. The summed E-state index contributed by atoms with van der Waals surface area (Å²) in [6, 6.07) is 7.63. The fourth-order valence-electron chi connectivity index (χ4n) is 4.59. The highest BCUT2D eigenvalue weighted by Gasteiger charge is 2.41. The first kappa shape index (κ1) is 30.2. The Balaban J connectivity index is 2.43. The normalized spacial score (nSPS) is 14.9. The van der Waals surface area contributed by atoms with Gasteiger partial charge >= 0.3 is 12.1 Å². The number of alkyl halides is 3. The zero-order valence-electron chi connectivity index (χ0n) is 22.4. The molecule has 0 aromatic heterocycles.